The molecule has 2 heterocycles. The minimum atomic E-state index is 0.245. The molecule has 106 valence electrons. The lowest BCUT2D eigenvalue weighted by atomic mass is 10.1. The average molecular weight is 286 g/mol. The summed E-state index contributed by atoms with van der Waals surface area (Å²) in [4.78, 5) is 17.0. The molecule has 1 aromatic heterocycles. The number of likely N-dealkylation sites (N-methyl/N-ethyl adjacent to an activating group) is 1. The van der Waals surface area contributed by atoms with Crippen molar-refractivity contribution in [3.8, 4) is 0 Å². The lowest BCUT2D eigenvalue weighted by Crippen LogP contribution is -2.32. The quantitative estimate of drug-likeness (QED) is 0.819. The van der Waals surface area contributed by atoms with E-state index in [9.17, 15) is 0 Å². The summed E-state index contributed by atoms with van der Waals surface area (Å²) in [5, 5.41) is 0.245. The molecule has 2 rings (SSSR count). The molecule has 6 nitrogen and oxygen atoms in total. The maximum absolute atomic E-state index is 6.00. The van der Waals surface area contributed by atoms with Gasteiger partial charge in [-0.15, -0.1) is 0 Å². The van der Waals surface area contributed by atoms with Gasteiger partial charge in [0.2, 0.25) is 17.2 Å². The molecule has 0 atom stereocenters. The van der Waals surface area contributed by atoms with Gasteiger partial charge in [0, 0.05) is 33.8 Å². The van der Waals surface area contributed by atoms with Gasteiger partial charge in [-0.2, -0.15) is 15.0 Å². The Morgan fingerprint density at radius 3 is 2.63 bits per heavy atom. The Morgan fingerprint density at radius 2 is 1.95 bits per heavy atom. The number of piperidine rings is 1. The van der Waals surface area contributed by atoms with Gasteiger partial charge in [-0.05, 0) is 30.9 Å². The molecule has 0 radical (unpaired) electrons. The van der Waals surface area contributed by atoms with E-state index in [2.05, 4.69) is 19.9 Å². The predicted octanol–water partition coefficient (Wildman–Crippen LogP) is 1.60. The van der Waals surface area contributed by atoms with Crippen LogP contribution in [0.25, 0.3) is 0 Å². The van der Waals surface area contributed by atoms with E-state index in [0.717, 1.165) is 19.6 Å². The highest BCUT2D eigenvalue weighted by molar-refractivity contribution is 6.28. The van der Waals surface area contributed by atoms with Crippen LogP contribution < -0.4 is 9.80 Å². The van der Waals surface area contributed by atoms with Crippen LogP contribution in [-0.4, -0.2) is 55.4 Å². The van der Waals surface area contributed by atoms with E-state index in [1.165, 1.54) is 19.3 Å². The number of hydrogen-bond donors (Lipinski definition) is 0. The monoisotopic (exact) mass is 285 g/mol. The van der Waals surface area contributed by atoms with Gasteiger partial charge in [-0.25, -0.2) is 0 Å². The molecule has 1 aliphatic heterocycles. The fourth-order valence-corrected chi connectivity index (χ4v) is 2.21. The molecular formula is C12H20ClN5O. The topological polar surface area (TPSA) is 54.4 Å². The van der Waals surface area contributed by atoms with Crippen molar-refractivity contribution in [1.82, 2.24) is 15.0 Å². The lowest BCUT2D eigenvalue weighted by Gasteiger charge is -2.27. The minimum absolute atomic E-state index is 0.245. The summed E-state index contributed by atoms with van der Waals surface area (Å²) in [6, 6.07) is 0. The smallest absolute Gasteiger partial charge is 0.231 e. The van der Waals surface area contributed by atoms with E-state index in [1.807, 2.05) is 11.9 Å². The maximum atomic E-state index is 6.00. The van der Waals surface area contributed by atoms with Crippen LogP contribution in [0.1, 0.15) is 19.3 Å². The van der Waals surface area contributed by atoms with Crippen molar-refractivity contribution in [3.63, 3.8) is 0 Å². The van der Waals surface area contributed by atoms with Crippen molar-refractivity contribution in [1.29, 1.82) is 0 Å². The number of nitrogens with zero attached hydrogens (tertiary/aromatic N) is 5. The second-order valence-electron chi connectivity index (χ2n) is 4.67. The number of anilines is 2. The predicted molar refractivity (Wildman–Crippen MR) is 76.0 cm³/mol. The van der Waals surface area contributed by atoms with Gasteiger partial charge >= 0.3 is 0 Å². The molecule has 1 fully saturated rings. The van der Waals surface area contributed by atoms with Crippen LogP contribution in [0.2, 0.25) is 5.28 Å². The maximum Gasteiger partial charge on any atom is 0.231 e. The van der Waals surface area contributed by atoms with E-state index in [4.69, 9.17) is 16.3 Å². The molecule has 1 saturated heterocycles. The normalized spacial score (nSPS) is 15.6. The Bertz CT molecular complexity index is 411. The van der Waals surface area contributed by atoms with Crippen molar-refractivity contribution in [2.24, 2.45) is 0 Å². The summed E-state index contributed by atoms with van der Waals surface area (Å²) in [7, 11) is 3.60. The van der Waals surface area contributed by atoms with Gasteiger partial charge in [0.25, 0.3) is 0 Å². The first-order chi connectivity index (χ1) is 9.20. The average Bonchev–Trinajstić information content (AvgIpc) is 2.45. The number of ether oxygens (including phenoxy) is 1. The third-order valence-electron chi connectivity index (χ3n) is 3.20. The molecule has 1 aromatic rings. The van der Waals surface area contributed by atoms with Crippen LogP contribution in [0, 0.1) is 0 Å². The van der Waals surface area contributed by atoms with Gasteiger partial charge in [0.15, 0.2) is 0 Å². The Kier molecular flexibility index (Phi) is 5.15. The van der Waals surface area contributed by atoms with Crippen LogP contribution in [0.5, 0.6) is 0 Å². The summed E-state index contributed by atoms with van der Waals surface area (Å²) in [5.74, 6) is 1.27. The van der Waals surface area contributed by atoms with E-state index in [-0.39, 0.29) is 5.28 Å². The Labute approximate surface area is 118 Å². The molecule has 7 heteroatoms. The zero-order chi connectivity index (χ0) is 13.7. The van der Waals surface area contributed by atoms with Gasteiger partial charge in [0.1, 0.15) is 0 Å². The molecule has 0 aromatic carbocycles. The highest BCUT2D eigenvalue weighted by Gasteiger charge is 2.16. The molecule has 0 aliphatic carbocycles. The molecule has 1 aliphatic rings. The lowest BCUT2D eigenvalue weighted by molar-refractivity contribution is 0.206. The highest BCUT2D eigenvalue weighted by atomic mass is 35.5. The van der Waals surface area contributed by atoms with E-state index < -0.39 is 0 Å². The van der Waals surface area contributed by atoms with Crippen molar-refractivity contribution in [3.05, 3.63) is 5.28 Å². The van der Waals surface area contributed by atoms with E-state index in [0.29, 0.717) is 18.5 Å². The molecule has 0 N–H and O–H groups in total. The molecule has 0 amide bonds. The second kappa shape index (κ2) is 6.86. The first-order valence-corrected chi connectivity index (χ1v) is 6.95. The van der Waals surface area contributed by atoms with Crippen molar-refractivity contribution >= 4 is 23.5 Å². The van der Waals surface area contributed by atoms with Crippen LogP contribution in [0.3, 0.4) is 0 Å². The van der Waals surface area contributed by atoms with Crippen LogP contribution in [-0.2, 0) is 4.74 Å². The highest BCUT2D eigenvalue weighted by Crippen LogP contribution is 2.19. The van der Waals surface area contributed by atoms with Gasteiger partial charge in [0.05, 0.1) is 6.61 Å². The fraction of sp³-hybridized carbons (Fsp3) is 0.750. The standard InChI is InChI=1S/C12H20ClN5O/c1-17(8-9-19-2)11-14-10(13)15-12(16-11)18-6-4-3-5-7-18/h3-9H2,1-2H3. The number of aromatic nitrogens is 3. The summed E-state index contributed by atoms with van der Waals surface area (Å²) in [5.41, 5.74) is 0. The van der Waals surface area contributed by atoms with Crippen molar-refractivity contribution in [2.45, 2.75) is 19.3 Å². The number of methoxy groups -OCH3 is 1. The first-order valence-electron chi connectivity index (χ1n) is 6.57. The Balaban J connectivity index is 2.13. The molecule has 0 bridgehead atoms. The SMILES string of the molecule is COCCN(C)c1nc(Cl)nc(N2CCCCC2)n1. The third kappa shape index (κ3) is 3.91. The molecule has 0 saturated carbocycles. The van der Waals surface area contributed by atoms with Crippen molar-refractivity contribution in [2.75, 3.05) is 50.2 Å². The van der Waals surface area contributed by atoms with Crippen LogP contribution in [0.4, 0.5) is 11.9 Å². The third-order valence-corrected chi connectivity index (χ3v) is 3.36. The van der Waals surface area contributed by atoms with Gasteiger partial charge in [-0.3, -0.25) is 0 Å². The van der Waals surface area contributed by atoms with E-state index >= 15 is 0 Å². The van der Waals surface area contributed by atoms with E-state index in [1.54, 1.807) is 7.11 Å². The van der Waals surface area contributed by atoms with Crippen LogP contribution in [0.15, 0.2) is 0 Å². The number of halogens is 1. The van der Waals surface area contributed by atoms with Crippen molar-refractivity contribution < 1.29 is 4.74 Å². The summed E-state index contributed by atoms with van der Waals surface area (Å²) < 4.78 is 5.05. The van der Waals surface area contributed by atoms with Gasteiger partial charge in [-0.1, -0.05) is 0 Å². The summed E-state index contributed by atoms with van der Waals surface area (Å²) in [6.07, 6.45) is 3.63. The first kappa shape index (κ1) is 14.3. The summed E-state index contributed by atoms with van der Waals surface area (Å²) in [6.45, 7) is 3.32. The number of hydrogen-bond acceptors (Lipinski definition) is 6. The largest absolute Gasteiger partial charge is 0.383 e. The molecule has 0 spiro atoms. The molecule has 0 unspecified atom stereocenters. The number of rotatable bonds is 5. The van der Waals surface area contributed by atoms with Crippen LogP contribution >= 0.6 is 11.6 Å². The minimum Gasteiger partial charge on any atom is -0.383 e. The molecular weight excluding hydrogens is 266 g/mol. The fourth-order valence-electron chi connectivity index (χ4n) is 2.06. The second-order valence-corrected chi connectivity index (χ2v) is 5.00. The Morgan fingerprint density at radius 1 is 1.21 bits per heavy atom. The zero-order valence-corrected chi connectivity index (χ0v) is 12.2. The Hall–Kier alpha value is -1.14. The molecule has 19 heavy (non-hydrogen) atoms. The zero-order valence-electron chi connectivity index (χ0n) is 11.5. The summed E-state index contributed by atoms with van der Waals surface area (Å²) >= 11 is 6.00. The van der Waals surface area contributed by atoms with Gasteiger partial charge < -0.3 is 14.5 Å².